The molecule has 1 N–H and O–H groups in total. The topological polar surface area (TPSA) is 103 Å². The van der Waals surface area contributed by atoms with Crippen LogP contribution in [0.4, 0.5) is 5.69 Å². The van der Waals surface area contributed by atoms with Gasteiger partial charge < -0.3 is 4.74 Å². The lowest BCUT2D eigenvalue weighted by atomic mass is 10.2. The number of rotatable bonds is 6. The molecule has 0 saturated heterocycles. The van der Waals surface area contributed by atoms with E-state index in [0.717, 1.165) is 5.56 Å². The molecule has 0 aliphatic heterocycles. The molecule has 0 fully saturated rings. The molecule has 2 aromatic carbocycles. The molecule has 0 radical (unpaired) electrons. The van der Waals surface area contributed by atoms with Crippen LogP contribution in [0.15, 0.2) is 82.7 Å². The monoisotopic (exact) mass is 422 g/mol. The number of hydrogen-bond acceptors (Lipinski definition) is 6. The van der Waals surface area contributed by atoms with Crippen molar-refractivity contribution >= 4 is 26.5 Å². The van der Waals surface area contributed by atoms with Crippen LogP contribution >= 0.6 is 0 Å². The van der Waals surface area contributed by atoms with E-state index >= 15 is 0 Å². The predicted octanol–water partition coefficient (Wildman–Crippen LogP) is 2.65. The van der Waals surface area contributed by atoms with E-state index in [1.807, 2.05) is 0 Å². The zero-order valence-corrected chi connectivity index (χ0v) is 16.8. The number of benzene rings is 2. The Kier molecular flexibility index (Phi) is 5.20. The molecule has 0 aliphatic carbocycles. The minimum atomic E-state index is -3.79. The number of fused-ring (bicyclic) bond motifs is 1. The number of hydrogen-bond donors (Lipinski definition) is 1. The van der Waals surface area contributed by atoms with Crippen LogP contribution in [0.5, 0.6) is 5.88 Å². The van der Waals surface area contributed by atoms with Gasteiger partial charge in [-0.05, 0) is 35.9 Å². The fourth-order valence-corrected chi connectivity index (χ4v) is 4.06. The highest BCUT2D eigenvalue weighted by molar-refractivity contribution is 7.92. The Hall–Kier alpha value is -3.72. The number of ether oxygens (including phenoxy) is 1. The van der Waals surface area contributed by atoms with E-state index in [4.69, 9.17) is 4.74 Å². The van der Waals surface area contributed by atoms with Crippen LogP contribution in [0.25, 0.3) is 10.8 Å². The minimum absolute atomic E-state index is 0.0529. The minimum Gasteiger partial charge on any atom is -0.481 e. The van der Waals surface area contributed by atoms with Gasteiger partial charge in [-0.2, -0.15) is 5.10 Å². The average molecular weight is 422 g/mol. The van der Waals surface area contributed by atoms with Crippen molar-refractivity contribution in [1.29, 1.82) is 0 Å². The van der Waals surface area contributed by atoms with Gasteiger partial charge in [-0.15, -0.1) is 0 Å². The summed E-state index contributed by atoms with van der Waals surface area (Å²) >= 11 is 0. The van der Waals surface area contributed by atoms with Gasteiger partial charge in [0.15, 0.2) is 0 Å². The quantitative estimate of drug-likeness (QED) is 0.512. The summed E-state index contributed by atoms with van der Waals surface area (Å²) in [5.41, 5.74) is 0.929. The van der Waals surface area contributed by atoms with Gasteiger partial charge in [-0.25, -0.2) is 18.1 Å². The van der Waals surface area contributed by atoms with E-state index in [1.165, 1.54) is 36.2 Å². The number of nitrogens with zero attached hydrogens (tertiary/aromatic N) is 3. The zero-order valence-electron chi connectivity index (χ0n) is 16.0. The van der Waals surface area contributed by atoms with Crippen LogP contribution in [-0.4, -0.2) is 30.3 Å². The summed E-state index contributed by atoms with van der Waals surface area (Å²) < 4.78 is 34.2. The van der Waals surface area contributed by atoms with Gasteiger partial charge >= 0.3 is 0 Å². The molecule has 0 saturated carbocycles. The van der Waals surface area contributed by atoms with Gasteiger partial charge in [0.2, 0.25) is 5.88 Å². The van der Waals surface area contributed by atoms with Crippen molar-refractivity contribution in [2.75, 3.05) is 11.8 Å². The van der Waals surface area contributed by atoms with Crippen molar-refractivity contribution in [3.8, 4) is 5.88 Å². The second-order valence-electron chi connectivity index (χ2n) is 6.54. The lowest BCUT2D eigenvalue weighted by Gasteiger charge is -2.10. The van der Waals surface area contributed by atoms with Gasteiger partial charge in [0.25, 0.3) is 15.6 Å². The smallest absolute Gasteiger partial charge is 0.274 e. The molecular weight excluding hydrogens is 404 g/mol. The highest BCUT2D eigenvalue weighted by Crippen LogP contribution is 2.19. The SMILES string of the molecule is COc1ccc(Cn2ncc3cc(S(=O)(=O)Nc4ccccc4)ccc3c2=O)cn1. The molecule has 0 atom stereocenters. The third-order valence-electron chi connectivity index (χ3n) is 4.50. The molecule has 9 heteroatoms. The van der Waals surface area contributed by atoms with Crippen LogP contribution < -0.4 is 15.0 Å². The average Bonchev–Trinajstić information content (AvgIpc) is 2.76. The molecule has 4 aromatic rings. The number of anilines is 1. The number of methoxy groups -OCH3 is 1. The number of para-hydroxylation sites is 1. The van der Waals surface area contributed by atoms with Crippen LogP contribution in [-0.2, 0) is 16.6 Å². The maximum absolute atomic E-state index is 12.8. The van der Waals surface area contributed by atoms with Gasteiger partial charge in [0.05, 0.1) is 30.1 Å². The second kappa shape index (κ2) is 7.96. The largest absolute Gasteiger partial charge is 0.481 e. The Morgan fingerprint density at radius 2 is 1.83 bits per heavy atom. The van der Waals surface area contributed by atoms with Crippen molar-refractivity contribution in [1.82, 2.24) is 14.8 Å². The number of aromatic nitrogens is 3. The summed E-state index contributed by atoms with van der Waals surface area (Å²) in [4.78, 5) is 17.0. The Morgan fingerprint density at radius 3 is 2.53 bits per heavy atom. The molecule has 0 spiro atoms. The molecule has 152 valence electrons. The Labute approximate surface area is 172 Å². The Balaban J connectivity index is 1.64. The zero-order chi connectivity index (χ0) is 21.1. The van der Waals surface area contributed by atoms with Gasteiger partial charge in [-0.1, -0.05) is 24.3 Å². The fourth-order valence-electron chi connectivity index (χ4n) is 2.96. The Bertz CT molecular complexity index is 1350. The molecule has 0 amide bonds. The normalized spacial score (nSPS) is 11.4. The summed E-state index contributed by atoms with van der Waals surface area (Å²) in [6.07, 6.45) is 3.09. The van der Waals surface area contributed by atoms with Crippen molar-refractivity contribution in [2.45, 2.75) is 11.4 Å². The molecule has 0 aliphatic rings. The molecule has 30 heavy (non-hydrogen) atoms. The van der Waals surface area contributed by atoms with Crippen LogP contribution in [0.1, 0.15) is 5.56 Å². The molecule has 0 bridgehead atoms. The van der Waals surface area contributed by atoms with Crippen molar-refractivity contribution in [3.63, 3.8) is 0 Å². The highest BCUT2D eigenvalue weighted by atomic mass is 32.2. The lowest BCUT2D eigenvalue weighted by molar-refractivity contribution is 0.397. The Morgan fingerprint density at radius 1 is 1.03 bits per heavy atom. The van der Waals surface area contributed by atoms with E-state index in [2.05, 4.69) is 14.8 Å². The van der Waals surface area contributed by atoms with E-state index in [0.29, 0.717) is 22.3 Å². The van der Waals surface area contributed by atoms with Crippen molar-refractivity contribution < 1.29 is 13.2 Å². The second-order valence-corrected chi connectivity index (χ2v) is 8.22. The first kappa shape index (κ1) is 19.6. The maximum atomic E-state index is 12.8. The number of nitrogens with one attached hydrogen (secondary N) is 1. The summed E-state index contributed by atoms with van der Waals surface area (Å²) in [7, 11) is -2.26. The molecule has 0 unspecified atom stereocenters. The molecule has 4 rings (SSSR count). The summed E-state index contributed by atoms with van der Waals surface area (Å²) in [5, 5.41) is 5.01. The third-order valence-corrected chi connectivity index (χ3v) is 5.88. The van der Waals surface area contributed by atoms with Crippen molar-refractivity contribution in [2.24, 2.45) is 0 Å². The van der Waals surface area contributed by atoms with Crippen molar-refractivity contribution in [3.05, 3.63) is 89.0 Å². The predicted molar refractivity (Wildman–Crippen MR) is 113 cm³/mol. The van der Waals surface area contributed by atoms with Crippen LogP contribution in [0.2, 0.25) is 0 Å². The first-order valence-electron chi connectivity index (χ1n) is 9.03. The molecular formula is C21H18N4O4S. The standard InChI is InChI=1S/C21H18N4O4S/c1-29-20-10-7-15(12-22-20)14-25-21(26)19-9-8-18(11-16(19)13-23-25)30(27,28)24-17-5-3-2-4-6-17/h2-13,24H,14H2,1H3. The first-order chi connectivity index (χ1) is 14.5. The molecule has 8 nitrogen and oxygen atoms in total. The lowest BCUT2D eigenvalue weighted by Crippen LogP contribution is -2.23. The van der Waals surface area contributed by atoms with Crippen LogP contribution in [0, 0.1) is 0 Å². The number of pyridine rings is 1. The van der Waals surface area contributed by atoms with Gasteiger partial charge in [0.1, 0.15) is 0 Å². The molecule has 2 heterocycles. The van der Waals surface area contributed by atoms with Gasteiger partial charge in [-0.3, -0.25) is 9.52 Å². The fraction of sp³-hybridized carbons (Fsp3) is 0.0952. The summed E-state index contributed by atoms with van der Waals surface area (Å²) in [6.45, 7) is 0.237. The van der Waals surface area contributed by atoms with E-state index in [1.54, 1.807) is 48.7 Å². The highest BCUT2D eigenvalue weighted by Gasteiger charge is 2.16. The van der Waals surface area contributed by atoms with Gasteiger partial charge in [0, 0.05) is 23.3 Å². The van der Waals surface area contributed by atoms with Crippen LogP contribution in [0.3, 0.4) is 0 Å². The third kappa shape index (κ3) is 4.01. The van der Waals surface area contributed by atoms with E-state index in [9.17, 15) is 13.2 Å². The summed E-state index contributed by atoms with van der Waals surface area (Å²) in [6, 6.07) is 16.5. The van der Waals surface area contributed by atoms with E-state index < -0.39 is 10.0 Å². The first-order valence-corrected chi connectivity index (χ1v) is 10.5. The number of sulfonamides is 1. The summed E-state index contributed by atoms with van der Waals surface area (Å²) in [5.74, 6) is 0.482. The maximum Gasteiger partial charge on any atom is 0.274 e. The molecule has 2 aromatic heterocycles. The van der Waals surface area contributed by atoms with E-state index in [-0.39, 0.29) is 17.0 Å².